The van der Waals surface area contributed by atoms with Crippen LogP contribution >= 0.6 is 0 Å². The van der Waals surface area contributed by atoms with Gasteiger partial charge in [0.15, 0.2) is 0 Å². The highest BCUT2D eigenvalue weighted by molar-refractivity contribution is 5.94. The Morgan fingerprint density at radius 3 is 1.43 bits per heavy atom. The lowest BCUT2D eigenvalue weighted by molar-refractivity contribution is -0.117. The van der Waals surface area contributed by atoms with Crippen LogP contribution in [0, 0.1) is 0 Å². The number of carbonyl (C=O) groups is 2. The van der Waals surface area contributed by atoms with Crippen molar-refractivity contribution in [2.75, 3.05) is 10.6 Å². The molecule has 0 radical (unpaired) electrons. The van der Waals surface area contributed by atoms with Crippen molar-refractivity contribution in [2.45, 2.75) is 38.5 Å². The van der Waals surface area contributed by atoms with E-state index < -0.39 is 0 Å². The largest absolute Gasteiger partial charge is 0.326 e. The molecule has 0 spiro atoms. The summed E-state index contributed by atoms with van der Waals surface area (Å²) in [5.41, 5.74) is 3.87. The number of aryl methyl sites for hydroxylation is 2. The van der Waals surface area contributed by atoms with E-state index in [4.69, 9.17) is 0 Å². The van der Waals surface area contributed by atoms with E-state index in [9.17, 15) is 9.59 Å². The Morgan fingerprint density at radius 2 is 1.00 bits per heavy atom. The van der Waals surface area contributed by atoms with E-state index in [2.05, 4.69) is 34.9 Å². The molecule has 0 heterocycles. The third-order valence-electron chi connectivity index (χ3n) is 4.85. The molecular weight excluding hydrogens is 372 g/mol. The highest BCUT2D eigenvalue weighted by atomic mass is 16.2. The number of carbonyl (C=O) groups excluding carboxylic acids is 2. The smallest absolute Gasteiger partial charge is 0.224 e. The maximum absolute atomic E-state index is 12.2. The molecule has 30 heavy (non-hydrogen) atoms. The van der Waals surface area contributed by atoms with Crippen molar-refractivity contribution in [3.63, 3.8) is 0 Å². The molecule has 4 heteroatoms. The lowest BCUT2D eigenvalue weighted by Gasteiger charge is -2.09. The molecular formula is C26H28N2O2. The molecule has 0 unspecified atom stereocenters. The normalized spacial score (nSPS) is 10.4. The lowest BCUT2D eigenvalue weighted by Crippen LogP contribution is -2.13. The minimum absolute atomic E-state index is 0.0164. The average molecular weight is 401 g/mol. The van der Waals surface area contributed by atoms with Crippen LogP contribution in [0.2, 0.25) is 0 Å². The van der Waals surface area contributed by atoms with Crippen LogP contribution in [0.3, 0.4) is 0 Å². The summed E-state index contributed by atoms with van der Waals surface area (Å²) < 4.78 is 0. The van der Waals surface area contributed by atoms with Crippen LogP contribution in [0.1, 0.15) is 36.8 Å². The summed E-state index contributed by atoms with van der Waals surface area (Å²) in [7, 11) is 0. The molecule has 0 aliphatic carbocycles. The first-order valence-electron chi connectivity index (χ1n) is 10.5. The summed E-state index contributed by atoms with van der Waals surface area (Å²) in [5, 5.41) is 5.83. The van der Waals surface area contributed by atoms with Gasteiger partial charge >= 0.3 is 0 Å². The van der Waals surface area contributed by atoms with Gasteiger partial charge in [-0.15, -0.1) is 0 Å². The first-order valence-corrected chi connectivity index (χ1v) is 10.5. The van der Waals surface area contributed by atoms with Gasteiger partial charge in [-0.25, -0.2) is 0 Å². The summed E-state index contributed by atoms with van der Waals surface area (Å²) in [6.45, 7) is 0. The molecule has 0 bridgehead atoms. The summed E-state index contributed by atoms with van der Waals surface area (Å²) >= 11 is 0. The predicted octanol–water partition coefficient (Wildman–Crippen LogP) is 5.61. The molecule has 2 N–H and O–H groups in total. The molecule has 0 saturated carbocycles. The van der Waals surface area contributed by atoms with Gasteiger partial charge in [-0.05, 0) is 55.0 Å². The molecule has 154 valence electrons. The fraction of sp³-hybridized carbons (Fsp3) is 0.231. The molecule has 0 atom stereocenters. The van der Waals surface area contributed by atoms with Gasteiger partial charge in [0, 0.05) is 24.2 Å². The van der Waals surface area contributed by atoms with Crippen molar-refractivity contribution in [1.82, 2.24) is 0 Å². The zero-order valence-electron chi connectivity index (χ0n) is 17.1. The summed E-state index contributed by atoms with van der Waals surface area (Å²) in [4.78, 5) is 24.4. The molecule has 0 aliphatic rings. The van der Waals surface area contributed by atoms with E-state index in [-0.39, 0.29) is 11.8 Å². The van der Waals surface area contributed by atoms with Crippen LogP contribution in [0.5, 0.6) is 0 Å². The summed E-state index contributed by atoms with van der Waals surface area (Å²) in [6.07, 6.45) is 4.29. The quantitative estimate of drug-likeness (QED) is 0.465. The Kier molecular flexibility index (Phi) is 8.22. The molecule has 4 nitrogen and oxygen atoms in total. The monoisotopic (exact) mass is 400 g/mol. The first kappa shape index (κ1) is 21.3. The third-order valence-corrected chi connectivity index (χ3v) is 4.85. The number of rotatable bonds is 10. The molecule has 0 saturated heterocycles. The van der Waals surface area contributed by atoms with E-state index >= 15 is 0 Å². The highest BCUT2D eigenvalue weighted by Crippen LogP contribution is 2.16. The van der Waals surface area contributed by atoms with Crippen LogP contribution < -0.4 is 10.6 Å². The number of benzene rings is 3. The van der Waals surface area contributed by atoms with Gasteiger partial charge in [0.25, 0.3) is 0 Å². The van der Waals surface area contributed by atoms with E-state index in [0.29, 0.717) is 24.2 Å². The zero-order valence-corrected chi connectivity index (χ0v) is 17.1. The van der Waals surface area contributed by atoms with Gasteiger partial charge in [0.2, 0.25) is 11.8 Å². The average Bonchev–Trinajstić information content (AvgIpc) is 2.75. The number of nitrogens with one attached hydrogen (secondary N) is 2. The fourth-order valence-corrected chi connectivity index (χ4v) is 3.32. The zero-order chi connectivity index (χ0) is 21.0. The van der Waals surface area contributed by atoms with Crippen LogP contribution in [0.4, 0.5) is 11.4 Å². The van der Waals surface area contributed by atoms with Crippen molar-refractivity contribution >= 4 is 23.2 Å². The minimum atomic E-state index is -0.0164. The standard InChI is InChI=1S/C26H28N2O2/c29-25(18-7-14-21-10-3-1-4-11-21)27-23-16-9-17-24(20-23)28-26(30)19-8-15-22-12-5-2-6-13-22/h1-6,9-13,16-17,20H,7-8,14-15,18-19H2,(H,27,29)(H,28,30). The minimum Gasteiger partial charge on any atom is -0.326 e. The van der Waals surface area contributed by atoms with Gasteiger partial charge in [-0.3, -0.25) is 9.59 Å². The number of hydrogen-bond donors (Lipinski definition) is 2. The maximum atomic E-state index is 12.2. The molecule has 3 aromatic rings. The van der Waals surface area contributed by atoms with Gasteiger partial charge in [0.05, 0.1) is 0 Å². The molecule has 0 fully saturated rings. The lowest BCUT2D eigenvalue weighted by atomic mass is 10.1. The van der Waals surface area contributed by atoms with E-state index in [0.717, 1.165) is 25.7 Å². The molecule has 3 rings (SSSR count). The molecule has 0 aliphatic heterocycles. The molecule has 0 aromatic heterocycles. The molecule has 3 aromatic carbocycles. The van der Waals surface area contributed by atoms with Gasteiger partial charge in [-0.2, -0.15) is 0 Å². The Bertz CT molecular complexity index is 865. The van der Waals surface area contributed by atoms with Gasteiger partial charge < -0.3 is 10.6 Å². The maximum Gasteiger partial charge on any atom is 0.224 e. The van der Waals surface area contributed by atoms with E-state index in [1.807, 2.05) is 54.6 Å². The van der Waals surface area contributed by atoms with Crippen LogP contribution in [-0.2, 0) is 22.4 Å². The van der Waals surface area contributed by atoms with Crippen molar-refractivity contribution < 1.29 is 9.59 Å². The first-order chi connectivity index (χ1) is 14.7. The third kappa shape index (κ3) is 7.55. The highest BCUT2D eigenvalue weighted by Gasteiger charge is 2.06. The number of anilines is 2. The van der Waals surface area contributed by atoms with Crippen molar-refractivity contribution in [3.05, 3.63) is 96.1 Å². The number of amides is 2. The topological polar surface area (TPSA) is 58.2 Å². The second-order valence-corrected chi connectivity index (χ2v) is 7.36. The Labute approximate surface area is 178 Å². The Morgan fingerprint density at radius 1 is 0.567 bits per heavy atom. The van der Waals surface area contributed by atoms with Crippen LogP contribution in [-0.4, -0.2) is 11.8 Å². The summed E-state index contributed by atoms with van der Waals surface area (Å²) in [5.74, 6) is -0.0328. The van der Waals surface area contributed by atoms with Crippen LogP contribution in [0.25, 0.3) is 0 Å². The second kappa shape index (κ2) is 11.6. The second-order valence-electron chi connectivity index (χ2n) is 7.36. The van der Waals surface area contributed by atoms with Crippen molar-refractivity contribution in [1.29, 1.82) is 0 Å². The number of hydrogen-bond acceptors (Lipinski definition) is 2. The van der Waals surface area contributed by atoms with E-state index in [1.54, 1.807) is 6.07 Å². The predicted molar refractivity (Wildman–Crippen MR) is 122 cm³/mol. The summed E-state index contributed by atoms with van der Waals surface area (Å²) in [6, 6.07) is 27.6. The Balaban J connectivity index is 1.40. The van der Waals surface area contributed by atoms with E-state index in [1.165, 1.54) is 11.1 Å². The van der Waals surface area contributed by atoms with Gasteiger partial charge in [0.1, 0.15) is 0 Å². The van der Waals surface area contributed by atoms with Gasteiger partial charge in [-0.1, -0.05) is 66.7 Å². The van der Waals surface area contributed by atoms with Crippen molar-refractivity contribution in [3.8, 4) is 0 Å². The Hall–Kier alpha value is -3.40. The molecule has 2 amide bonds. The van der Waals surface area contributed by atoms with Crippen molar-refractivity contribution in [2.24, 2.45) is 0 Å². The fourth-order valence-electron chi connectivity index (χ4n) is 3.32. The SMILES string of the molecule is O=C(CCCc1ccccc1)Nc1cccc(NC(=O)CCCc2ccccc2)c1. The van der Waals surface area contributed by atoms with Crippen LogP contribution in [0.15, 0.2) is 84.9 Å².